The van der Waals surface area contributed by atoms with E-state index in [1.165, 1.54) is 0 Å². The summed E-state index contributed by atoms with van der Waals surface area (Å²) in [5, 5.41) is 3.46. The van der Waals surface area contributed by atoms with Crippen LogP contribution in [0.2, 0.25) is 10.0 Å². The molecule has 0 saturated heterocycles. The van der Waals surface area contributed by atoms with Crippen molar-refractivity contribution in [3.8, 4) is 0 Å². The third-order valence-corrected chi connectivity index (χ3v) is 3.91. The van der Waals surface area contributed by atoms with Gasteiger partial charge in [0, 0.05) is 22.2 Å². The Morgan fingerprint density at radius 3 is 2.46 bits per heavy atom. The minimum atomic E-state index is -1.00. The normalized spacial score (nSPS) is 20.0. The van der Waals surface area contributed by atoms with E-state index in [2.05, 4.69) is 10.3 Å². The maximum atomic E-state index is 12.2. The minimum Gasteiger partial charge on any atom is -0.475 e. The van der Waals surface area contributed by atoms with Crippen LogP contribution < -0.4 is 5.32 Å². The van der Waals surface area contributed by atoms with E-state index in [4.69, 9.17) is 32.7 Å². The molecule has 1 heterocycles. The molecule has 1 aliphatic heterocycles. The number of aliphatic imine (C=N–C) groups is 1. The van der Waals surface area contributed by atoms with E-state index in [1.54, 1.807) is 32.0 Å². The van der Waals surface area contributed by atoms with Gasteiger partial charge in [-0.2, -0.15) is 0 Å². The van der Waals surface area contributed by atoms with Gasteiger partial charge in [-0.3, -0.25) is 5.32 Å². The first-order valence-electron chi connectivity index (χ1n) is 7.70. The van der Waals surface area contributed by atoms with Gasteiger partial charge in [0.1, 0.15) is 0 Å². The zero-order chi connectivity index (χ0) is 18.1. The largest absolute Gasteiger partial charge is 0.475 e. The molecule has 0 fully saturated rings. The predicted octanol–water partition coefficient (Wildman–Crippen LogP) is 5.31. The zero-order valence-corrected chi connectivity index (χ0v) is 16.0. The topological polar surface area (TPSA) is 59.9 Å². The summed E-state index contributed by atoms with van der Waals surface area (Å²) >= 11 is 11.8. The summed E-state index contributed by atoms with van der Waals surface area (Å²) in [6, 6.07) is 4.75. The summed E-state index contributed by atoms with van der Waals surface area (Å²) in [6.45, 7) is 9.50. The molecule has 1 atom stereocenters. The Hall–Kier alpha value is -1.46. The molecule has 1 amide bonds. The number of benzene rings is 1. The van der Waals surface area contributed by atoms with Gasteiger partial charge in [0.25, 0.3) is 0 Å². The van der Waals surface area contributed by atoms with E-state index >= 15 is 0 Å². The van der Waals surface area contributed by atoms with Crippen LogP contribution in [0.5, 0.6) is 0 Å². The fourth-order valence-corrected chi connectivity index (χ4v) is 3.13. The van der Waals surface area contributed by atoms with Crippen LogP contribution in [0.1, 0.15) is 41.0 Å². The van der Waals surface area contributed by atoms with Crippen molar-refractivity contribution in [1.82, 2.24) is 0 Å². The second-order valence-corrected chi connectivity index (χ2v) is 7.92. The summed E-state index contributed by atoms with van der Waals surface area (Å²) in [4.78, 5) is 16.8. The summed E-state index contributed by atoms with van der Waals surface area (Å²) in [5.41, 5.74) is -0.809. The van der Waals surface area contributed by atoms with E-state index in [0.717, 1.165) is 6.42 Å². The molecule has 1 aromatic rings. The maximum absolute atomic E-state index is 12.2. The molecule has 1 N–H and O–H groups in total. The number of carbonyl (C=O) groups is 1. The molecule has 0 aromatic heterocycles. The van der Waals surface area contributed by atoms with Gasteiger partial charge in [0.2, 0.25) is 5.90 Å². The molecule has 0 spiro atoms. The number of hydrogen-bond donors (Lipinski definition) is 1. The third-order valence-electron chi connectivity index (χ3n) is 3.48. The average Bonchev–Trinajstić information content (AvgIpc) is 2.33. The number of carbonyl (C=O) groups excluding carboxylic acids is 1. The molecule has 132 valence electrons. The van der Waals surface area contributed by atoms with E-state index in [-0.39, 0.29) is 11.6 Å². The average molecular weight is 373 g/mol. The molecule has 1 unspecified atom stereocenters. The van der Waals surface area contributed by atoms with Gasteiger partial charge in [0.15, 0.2) is 5.60 Å². The van der Waals surface area contributed by atoms with Gasteiger partial charge in [0.05, 0.1) is 11.6 Å². The van der Waals surface area contributed by atoms with Crippen molar-refractivity contribution < 1.29 is 14.3 Å². The summed E-state index contributed by atoms with van der Waals surface area (Å²) < 4.78 is 11.3. The number of rotatable bonds is 3. The van der Waals surface area contributed by atoms with Gasteiger partial charge < -0.3 is 9.47 Å². The molecule has 24 heavy (non-hydrogen) atoms. The van der Waals surface area contributed by atoms with Crippen LogP contribution in [0.4, 0.5) is 10.5 Å². The molecule has 5 nitrogen and oxygen atoms in total. The molecule has 1 aliphatic rings. The van der Waals surface area contributed by atoms with Crippen molar-refractivity contribution in [3.05, 3.63) is 28.2 Å². The van der Waals surface area contributed by atoms with Crippen LogP contribution in [0.15, 0.2) is 23.2 Å². The van der Waals surface area contributed by atoms with Crippen molar-refractivity contribution in [2.24, 2.45) is 4.99 Å². The Bertz CT molecular complexity index is 652. The van der Waals surface area contributed by atoms with Gasteiger partial charge in [-0.1, -0.05) is 23.2 Å². The van der Waals surface area contributed by atoms with Crippen LogP contribution >= 0.6 is 23.2 Å². The first-order chi connectivity index (χ1) is 11.0. The van der Waals surface area contributed by atoms with Crippen LogP contribution in [0.25, 0.3) is 0 Å². The zero-order valence-electron chi connectivity index (χ0n) is 14.4. The monoisotopic (exact) mass is 372 g/mol. The number of nitrogens with zero attached hydrogens (tertiary/aromatic N) is 1. The number of nitrogens with one attached hydrogen (secondary N) is 1. The van der Waals surface area contributed by atoms with Crippen LogP contribution in [-0.2, 0) is 9.47 Å². The molecule has 0 aliphatic carbocycles. The summed E-state index contributed by atoms with van der Waals surface area (Å²) in [7, 11) is 0. The fraction of sp³-hybridized carbons (Fsp3) is 0.529. The lowest BCUT2D eigenvalue weighted by atomic mass is 9.95. The van der Waals surface area contributed by atoms with Crippen molar-refractivity contribution >= 4 is 40.9 Å². The Balaban J connectivity index is 2.10. The van der Waals surface area contributed by atoms with Gasteiger partial charge in [-0.05, 0) is 52.8 Å². The Morgan fingerprint density at radius 2 is 1.92 bits per heavy atom. The second kappa shape index (κ2) is 6.81. The highest BCUT2D eigenvalue weighted by Crippen LogP contribution is 2.29. The fourth-order valence-electron chi connectivity index (χ4n) is 2.60. The first kappa shape index (κ1) is 18.9. The van der Waals surface area contributed by atoms with Gasteiger partial charge in [-0.25, -0.2) is 9.79 Å². The van der Waals surface area contributed by atoms with Crippen LogP contribution in [0, 0.1) is 0 Å². The lowest BCUT2D eigenvalue weighted by Crippen LogP contribution is -2.46. The van der Waals surface area contributed by atoms with E-state index < -0.39 is 11.7 Å². The van der Waals surface area contributed by atoms with Crippen LogP contribution in [0.3, 0.4) is 0 Å². The standard InChI is InChI=1S/C17H22Cl2N2O3/c1-10-9-16(2,3)21-14(23-10)17(4,5)24-15(22)20-13-7-11(18)6-12(19)8-13/h6-8,10H,9H2,1-5H3,(H,20,22). The minimum absolute atomic E-state index is 0.00479. The summed E-state index contributed by atoms with van der Waals surface area (Å²) in [6.07, 6.45) is 0.172. The quantitative estimate of drug-likeness (QED) is 0.782. The van der Waals surface area contributed by atoms with Crippen molar-refractivity contribution in [2.45, 2.75) is 58.3 Å². The molecule has 0 bridgehead atoms. The number of ether oxygens (including phenoxy) is 2. The van der Waals surface area contributed by atoms with E-state index in [1.807, 2.05) is 20.8 Å². The number of hydrogen-bond acceptors (Lipinski definition) is 4. The highest BCUT2D eigenvalue weighted by atomic mass is 35.5. The van der Waals surface area contributed by atoms with E-state index in [0.29, 0.717) is 21.6 Å². The molecule has 2 rings (SSSR count). The number of anilines is 1. The molecular formula is C17H22Cl2N2O3. The van der Waals surface area contributed by atoms with Gasteiger partial charge >= 0.3 is 6.09 Å². The van der Waals surface area contributed by atoms with Gasteiger partial charge in [-0.15, -0.1) is 0 Å². The Morgan fingerprint density at radius 1 is 1.33 bits per heavy atom. The molecule has 7 heteroatoms. The molecule has 0 saturated carbocycles. The summed E-state index contributed by atoms with van der Waals surface area (Å²) in [5.74, 6) is 0.408. The second-order valence-electron chi connectivity index (χ2n) is 7.04. The Labute approximate surface area is 152 Å². The SMILES string of the molecule is CC1CC(C)(C)N=C(C(C)(C)OC(=O)Nc2cc(Cl)cc(Cl)c2)O1. The first-order valence-corrected chi connectivity index (χ1v) is 8.45. The molecule has 0 radical (unpaired) electrons. The smallest absolute Gasteiger partial charge is 0.412 e. The lowest BCUT2D eigenvalue weighted by molar-refractivity contribution is 0.0494. The molecular weight excluding hydrogens is 351 g/mol. The highest BCUT2D eigenvalue weighted by Gasteiger charge is 2.38. The lowest BCUT2D eigenvalue weighted by Gasteiger charge is -2.37. The number of halogens is 2. The third kappa shape index (κ3) is 5.02. The van der Waals surface area contributed by atoms with Crippen LogP contribution in [-0.4, -0.2) is 29.2 Å². The maximum Gasteiger partial charge on any atom is 0.412 e. The van der Waals surface area contributed by atoms with Crippen molar-refractivity contribution in [3.63, 3.8) is 0 Å². The highest BCUT2D eigenvalue weighted by molar-refractivity contribution is 6.35. The molecule has 1 aromatic carbocycles. The van der Waals surface area contributed by atoms with E-state index in [9.17, 15) is 4.79 Å². The Kier molecular flexibility index (Phi) is 5.35. The predicted molar refractivity (Wildman–Crippen MR) is 97.3 cm³/mol. The van der Waals surface area contributed by atoms with Crippen molar-refractivity contribution in [1.29, 1.82) is 0 Å². The number of amides is 1. The van der Waals surface area contributed by atoms with Crippen molar-refractivity contribution in [2.75, 3.05) is 5.32 Å².